The highest BCUT2D eigenvalue weighted by Crippen LogP contribution is 2.39. The number of anilines is 3. The van der Waals surface area contributed by atoms with Crippen molar-refractivity contribution in [1.29, 1.82) is 0 Å². The second-order valence-corrected chi connectivity index (χ2v) is 8.15. The van der Waals surface area contributed by atoms with Crippen LogP contribution in [0.4, 0.5) is 17.2 Å². The Bertz CT molecular complexity index is 1090. The van der Waals surface area contributed by atoms with E-state index in [0.717, 1.165) is 5.56 Å². The smallest absolute Gasteiger partial charge is 0.232 e. The Kier molecular flexibility index (Phi) is 3.58. The quantitative estimate of drug-likeness (QED) is 0.701. The van der Waals surface area contributed by atoms with Crippen LogP contribution in [-0.2, 0) is 23.5 Å². The average molecular weight is 379 g/mol. The summed E-state index contributed by atoms with van der Waals surface area (Å²) >= 11 is 6.01. The number of aromatic nitrogens is 4. The summed E-state index contributed by atoms with van der Waals surface area (Å²) in [6.07, 6.45) is 3.62. The zero-order chi connectivity index (χ0) is 17.8. The van der Waals surface area contributed by atoms with Crippen molar-refractivity contribution in [1.82, 2.24) is 19.7 Å². The monoisotopic (exact) mass is 378 g/mol. The summed E-state index contributed by atoms with van der Waals surface area (Å²) in [5.74, 6) is 0.435. The van der Waals surface area contributed by atoms with Gasteiger partial charge in [0, 0.05) is 13.6 Å². The van der Waals surface area contributed by atoms with Crippen LogP contribution in [-0.4, -0.2) is 41.0 Å². The number of nitrogens with zero attached hydrogens (tertiary/aromatic N) is 5. The van der Waals surface area contributed by atoms with Crippen LogP contribution in [0.15, 0.2) is 24.4 Å². The second-order valence-electron chi connectivity index (χ2n) is 5.90. The molecule has 0 aliphatic carbocycles. The first-order valence-electron chi connectivity index (χ1n) is 7.56. The van der Waals surface area contributed by atoms with E-state index in [2.05, 4.69) is 20.4 Å². The number of sulfonamides is 1. The van der Waals surface area contributed by atoms with E-state index in [0.29, 0.717) is 41.2 Å². The topological polar surface area (TPSA) is 93.0 Å². The highest BCUT2D eigenvalue weighted by molar-refractivity contribution is 7.92. The summed E-state index contributed by atoms with van der Waals surface area (Å²) in [5.41, 5.74) is 3.42. The van der Waals surface area contributed by atoms with Gasteiger partial charge in [0.05, 0.1) is 23.8 Å². The molecule has 1 N–H and O–H groups in total. The van der Waals surface area contributed by atoms with Crippen molar-refractivity contribution in [2.45, 2.75) is 6.42 Å². The molecule has 1 aliphatic heterocycles. The molecule has 1 aliphatic rings. The number of nitrogens with one attached hydrogen (secondary N) is 1. The fourth-order valence-corrected chi connectivity index (χ4v) is 4.21. The molecular formula is C15H15ClN6O2S. The molecule has 0 unspecified atom stereocenters. The van der Waals surface area contributed by atoms with Crippen LogP contribution < -0.4 is 9.62 Å². The molecule has 0 atom stereocenters. The molecule has 130 valence electrons. The van der Waals surface area contributed by atoms with Crippen LogP contribution >= 0.6 is 11.6 Å². The molecule has 4 rings (SSSR count). The number of hydrogen-bond acceptors (Lipinski definition) is 6. The van der Waals surface area contributed by atoms with E-state index in [-0.39, 0.29) is 5.28 Å². The average Bonchev–Trinajstić information content (AvgIpc) is 3.10. The second kappa shape index (κ2) is 5.57. The standard InChI is InChI=1S/C15H15ClN6O2S/c1-21-8-11-12(20-21)14(19-15(16)18-11)17-10-5-3-4-9-6-7-22(13(9)10)25(2,23)24/h3-5,8H,6-7H2,1-2H3,(H,17,18,19). The van der Waals surface area contributed by atoms with Gasteiger partial charge in [-0.15, -0.1) is 0 Å². The number of rotatable bonds is 3. The van der Waals surface area contributed by atoms with Gasteiger partial charge in [-0.25, -0.2) is 13.4 Å². The molecule has 2 aromatic heterocycles. The molecule has 0 amide bonds. The van der Waals surface area contributed by atoms with Gasteiger partial charge >= 0.3 is 0 Å². The fraction of sp³-hybridized carbons (Fsp3) is 0.267. The van der Waals surface area contributed by atoms with Gasteiger partial charge in [0.25, 0.3) is 0 Å². The molecular weight excluding hydrogens is 364 g/mol. The van der Waals surface area contributed by atoms with Crippen LogP contribution in [0.25, 0.3) is 11.0 Å². The van der Waals surface area contributed by atoms with Crippen LogP contribution in [0.2, 0.25) is 5.28 Å². The highest BCUT2D eigenvalue weighted by atomic mass is 35.5. The molecule has 0 spiro atoms. The zero-order valence-corrected chi connectivity index (χ0v) is 15.1. The van der Waals surface area contributed by atoms with E-state index in [1.807, 2.05) is 18.2 Å². The first-order valence-corrected chi connectivity index (χ1v) is 9.79. The molecule has 0 fully saturated rings. The van der Waals surface area contributed by atoms with Crippen molar-refractivity contribution in [2.24, 2.45) is 7.05 Å². The van der Waals surface area contributed by atoms with Gasteiger partial charge in [-0.3, -0.25) is 8.99 Å². The number of para-hydroxylation sites is 1. The third-order valence-electron chi connectivity index (χ3n) is 4.06. The van der Waals surface area contributed by atoms with Crippen molar-refractivity contribution in [3.8, 4) is 0 Å². The minimum absolute atomic E-state index is 0.0931. The molecule has 8 nitrogen and oxygen atoms in total. The molecule has 0 saturated carbocycles. The predicted octanol–water partition coefficient (Wildman–Crippen LogP) is 2.08. The van der Waals surface area contributed by atoms with Crippen LogP contribution in [0.1, 0.15) is 5.56 Å². The van der Waals surface area contributed by atoms with E-state index >= 15 is 0 Å². The lowest BCUT2D eigenvalue weighted by molar-refractivity contribution is 0.598. The summed E-state index contributed by atoms with van der Waals surface area (Å²) in [6.45, 7) is 0.427. The lowest BCUT2D eigenvalue weighted by Crippen LogP contribution is -2.28. The molecule has 25 heavy (non-hydrogen) atoms. The van der Waals surface area contributed by atoms with Crippen molar-refractivity contribution < 1.29 is 8.42 Å². The number of halogens is 1. The Balaban J connectivity index is 1.85. The maximum atomic E-state index is 12.1. The minimum Gasteiger partial charge on any atom is -0.336 e. The largest absolute Gasteiger partial charge is 0.336 e. The van der Waals surface area contributed by atoms with Gasteiger partial charge in [-0.05, 0) is 29.7 Å². The molecule has 0 radical (unpaired) electrons. The summed E-state index contributed by atoms with van der Waals surface area (Å²) in [7, 11) is -1.58. The molecule has 0 bridgehead atoms. The number of fused-ring (bicyclic) bond motifs is 2. The Morgan fingerprint density at radius 1 is 1.28 bits per heavy atom. The van der Waals surface area contributed by atoms with Crippen LogP contribution in [0.5, 0.6) is 0 Å². The molecule has 1 aromatic carbocycles. The minimum atomic E-state index is -3.36. The maximum absolute atomic E-state index is 12.1. The molecule has 3 aromatic rings. The fourth-order valence-electron chi connectivity index (χ4n) is 3.06. The first-order chi connectivity index (χ1) is 11.8. The van der Waals surface area contributed by atoms with Gasteiger partial charge in [0.1, 0.15) is 5.52 Å². The third-order valence-corrected chi connectivity index (χ3v) is 5.39. The Morgan fingerprint density at radius 3 is 2.84 bits per heavy atom. The van der Waals surface area contributed by atoms with Crippen molar-refractivity contribution >= 4 is 49.9 Å². The van der Waals surface area contributed by atoms with E-state index in [9.17, 15) is 8.42 Å². The summed E-state index contributed by atoms with van der Waals surface area (Å²) in [6, 6.07) is 5.62. The molecule has 3 heterocycles. The van der Waals surface area contributed by atoms with Gasteiger partial charge in [0.15, 0.2) is 11.3 Å². The van der Waals surface area contributed by atoms with Gasteiger partial charge in [-0.2, -0.15) is 10.1 Å². The number of aryl methyl sites for hydroxylation is 1. The summed E-state index contributed by atoms with van der Waals surface area (Å²) in [5, 5.41) is 7.63. The van der Waals surface area contributed by atoms with Gasteiger partial charge in [-0.1, -0.05) is 12.1 Å². The highest BCUT2D eigenvalue weighted by Gasteiger charge is 2.29. The normalized spacial score (nSPS) is 14.1. The van der Waals surface area contributed by atoms with Crippen LogP contribution in [0, 0.1) is 0 Å². The number of hydrogen-bond donors (Lipinski definition) is 1. The van der Waals surface area contributed by atoms with E-state index < -0.39 is 10.0 Å². The Labute approximate surface area is 149 Å². The Hall–Kier alpha value is -2.39. The molecule has 0 saturated heterocycles. The SMILES string of the molecule is Cn1cc2nc(Cl)nc(Nc3cccc4c3N(S(C)(=O)=O)CC4)c2n1. The van der Waals surface area contributed by atoms with Gasteiger partial charge < -0.3 is 5.32 Å². The van der Waals surface area contributed by atoms with Gasteiger partial charge in [0.2, 0.25) is 15.3 Å². The predicted molar refractivity (Wildman–Crippen MR) is 96.9 cm³/mol. The summed E-state index contributed by atoms with van der Waals surface area (Å²) < 4.78 is 27.2. The third kappa shape index (κ3) is 2.79. The lowest BCUT2D eigenvalue weighted by Gasteiger charge is -2.20. The lowest BCUT2D eigenvalue weighted by atomic mass is 10.1. The number of benzene rings is 1. The van der Waals surface area contributed by atoms with E-state index in [4.69, 9.17) is 11.6 Å². The maximum Gasteiger partial charge on any atom is 0.232 e. The Morgan fingerprint density at radius 2 is 2.08 bits per heavy atom. The van der Waals surface area contributed by atoms with Crippen molar-refractivity contribution in [3.63, 3.8) is 0 Å². The van der Waals surface area contributed by atoms with E-state index in [1.165, 1.54) is 10.6 Å². The molecule has 10 heteroatoms. The first kappa shape index (κ1) is 16.1. The van der Waals surface area contributed by atoms with Crippen LogP contribution in [0.3, 0.4) is 0 Å². The van der Waals surface area contributed by atoms with Crippen molar-refractivity contribution in [3.05, 3.63) is 35.2 Å². The van der Waals surface area contributed by atoms with E-state index in [1.54, 1.807) is 17.9 Å². The zero-order valence-electron chi connectivity index (χ0n) is 13.6. The summed E-state index contributed by atoms with van der Waals surface area (Å²) in [4.78, 5) is 8.37. The van der Waals surface area contributed by atoms with Crippen molar-refractivity contribution in [2.75, 3.05) is 22.4 Å².